The van der Waals surface area contributed by atoms with Crippen LogP contribution in [0.3, 0.4) is 0 Å². The number of ketones is 1. The molecule has 0 rings (SSSR count). The number of amides is 1. The van der Waals surface area contributed by atoms with E-state index in [0.29, 0.717) is 19.6 Å². The second-order valence-corrected chi connectivity index (χ2v) is 4.80. The van der Waals surface area contributed by atoms with Crippen LogP contribution in [0, 0.1) is 11.8 Å². The highest BCUT2D eigenvalue weighted by molar-refractivity contribution is 5.81. The topological polar surface area (TPSA) is 46.6 Å². The number of Topliss-reactive ketones (excluding diaryl/α,β-unsaturated/α-hetero) is 1. The number of hydrogen-bond acceptors (Lipinski definition) is 3. The molecule has 0 aromatic carbocycles. The Morgan fingerprint density at radius 1 is 1.12 bits per heavy atom. The van der Waals surface area contributed by atoms with Gasteiger partial charge in [-0.05, 0) is 6.42 Å². The van der Waals surface area contributed by atoms with Crippen molar-refractivity contribution in [3.63, 3.8) is 0 Å². The quantitative estimate of drug-likeness (QED) is 0.615. The predicted molar refractivity (Wildman–Crippen MR) is 67.3 cm³/mol. The minimum Gasteiger partial charge on any atom is -0.299 e. The van der Waals surface area contributed by atoms with E-state index in [1.807, 2.05) is 34.6 Å². The molecule has 100 valence electrons. The molecule has 0 saturated heterocycles. The summed E-state index contributed by atoms with van der Waals surface area (Å²) in [6, 6.07) is 0. The summed E-state index contributed by atoms with van der Waals surface area (Å²) >= 11 is 0. The molecule has 0 aliphatic carbocycles. The van der Waals surface area contributed by atoms with E-state index >= 15 is 0 Å². The molecule has 0 aliphatic rings. The summed E-state index contributed by atoms with van der Waals surface area (Å²) in [5.74, 6) is -0.000143. The molecule has 4 nitrogen and oxygen atoms in total. The zero-order chi connectivity index (χ0) is 13.4. The van der Waals surface area contributed by atoms with Gasteiger partial charge < -0.3 is 0 Å². The second kappa shape index (κ2) is 8.23. The largest absolute Gasteiger partial charge is 0.299 e. The molecule has 0 aromatic heterocycles. The van der Waals surface area contributed by atoms with Crippen molar-refractivity contribution in [3.8, 4) is 0 Å². The lowest BCUT2D eigenvalue weighted by Gasteiger charge is -2.23. The van der Waals surface area contributed by atoms with Gasteiger partial charge in [0.1, 0.15) is 5.78 Å². The number of hydrogen-bond donors (Lipinski definition) is 0. The van der Waals surface area contributed by atoms with E-state index in [9.17, 15) is 9.59 Å². The Morgan fingerprint density at radius 3 is 2.12 bits per heavy atom. The third kappa shape index (κ3) is 6.41. The Bertz CT molecular complexity index is 249. The van der Waals surface area contributed by atoms with Gasteiger partial charge in [0.25, 0.3) is 0 Å². The van der Waals surface area contributed by atoms with Crippen molar-refractivity contribution in [1.82, 2.24) is 5.06 Å². The molecular formula is C13H25NO3. The number of carbonyl (C=O) groups is 2. The monoisotopic (exact) mass is 243 g/mol. The molecule has 0 radical (unpaired) electrons. The average molecular weight is 243 g/mol. The second-order valence-electron chi connectivity index (χ2n) is 4.80. The van der Waals surface area contributed by atoms with Crippen LogP contribution >= 0.6 is 0 Å². The lowest BCUT2D eigenvalue weighted by atomic mass is 10.1. The van der Waals surface area contributed by atoms with E-state index in [1.165, 1.54) is 5.06 Å². The third-order valence-corrected chi connectivity index (χ3v) is 2.40. The van der Waals surface area contributed by atoms with Gasteiger partial charge in [0.15, 0.2) is 0 Å². The van der Waals surface area contributed by atoms with E-state index in [1.54, 1.807) is 0 Å². The molecular weight excluding hydrogens is 218 g/mol. The number of carbonyl (C=O) groups excluding carboxylic acids is 2. The molecule has 0 fully saturated rings. The summed E-state index contributed by atoms with van der Waals surface area (Å²) in [6.45, 7) is 10.2. The van der Waals surface area contributed by atoms with Crippen molar-refractivity contribution in [2.45, 2.75) is 47.5 Å². The van der Waals surface area contributed by atoms with Crippen LogP contribution in [-0.4, -0.2) is 29.9 Å². The van der Waals surface area contributed by atoms with Crippen molar-refractivity contribution in [2.75, 3.05) is 13.2 Å². The first-order chi connectivity index (χ1) is 7.90. The van der Waals surface area contributed by atoms with Crippen molar-refractivity contribution in [2.24, 2.45) is 11.8 Å². The maximum atomic E-state index is 11.8. The van der Waals surface area contributed by atoms with Gasteiger partial charge in [-0.3, -0.25) is 14.4 Å². The number of hydroxylamine groups is 2. The molecule has 0 saturated carbocycles. The minimum absolute atomic E-state index is 0.0113. The van der Waals surface area contributed by atoms with E-state index in [-0.39, 0.29) is 23.5 Å². The lowest BCUT2D eigenvalue weighted by Crippen LogP contribution is -2.36. The molecule has 0 bridgehead atoms. The van der Waals surface area contributed by atoms with E-state index in [2.05, 4.69) is 0 Å². The normalized spacial score (nSPS) is 11.0. The van der Waals surface area contributed by atoms with Crippen molar-refractivity contribution >= 4 is 11.7 Å². The lowest BCUT2D eigenvalue weighted by molar-refractivity contribution is -0.190. The van der Waals surface area contributed by atoms with Gasteiger partial charge in [-0.1, -0.05) is 34.6 Å². The number of nitrogens with zero attached hydrogens (tertiary/aromatic N) is 1. The molecule has 0 unspecified atom stereocenters. The molecule has 0 spiro atoms. The van der Waals surface area contributed by atoms with Gasteiger partial charge in [-0.25, -0.2) is 5.06 Å². The van der Waals surface area contributed by atoms with E-state index in [4.69, 9.17) is 4.84 Å². The van der Waals surface area contributed by atoms with Gasteiger partial charge in [0.2, 0.25) is 5.91 Å². The fourth-order valence-electron chi connectivity index (χ4n) is 1.23. The third-order valence-electron chi connectivity index (χ3n) is 2.40. The van der Waals surface area contributed by atoms with Crippen molar-refractivity contribution < 1.29 is 14.4 Å². The van der Waals surface area contributed by atoms with Crippen LogP contribution in [0.1, 0.15) is 47.5 Å². The minimum atomic E-state index is -0.110. The smallest absolute Gasteiger partial charge is 0.248 e. The molecule has 0 heterocycles. The highest BCUT2D eigenvalue weighted by Crippen LogP contribution is 2.06. The van der Waals surface area contributed by atoms with Crippen LogP contribution in [0.5, 0.6) is 0 Å². The Labute approximate surface area is 104 Å². The Balaban J connectivity index is 4.29. The summed E-state index contributed by atoms with van der Waals surface area (Å²) in [6.07, 6.45) is 1.21. The highest BCUT2D eigenvalue weighted by atomic mass is 16.7. The predicted octanol–water partition coefficient (Wildman–Crippen LogP) is 2.43. The Kier molecular flexibility index (Phi) is 7.79. The molecule has 17 heavy (non-hydrogen) atoms. The van der Waals surface area contributed by atoms with Gasteiger partial charge in [-0.2, -0.15) is 0 Å². The average Bonchev–Trinajstić information content (AvgIpc) is 2.27. The van der Waals surface area contributed by atoms with Crippen LogP contribution in [0.4, 0.5) is 0 Å². The molecule has 0 aliphatic heterocycles. The highest BCUT2D eigenvalue weighted by Gasteiger charge is 2.19. The fourth-order valence-corrected chi connectivity index (χ4v) is 1.23. The summed E-state index contributed by atoms with van der Waals surface area (Å²) in [4.78, 5) is 28.7. The standard InChI is InChI=1S/C13H25NO3/c1-6-9-17-14(13(16)11(4)5)8-7-12(15)10(2)3/h10-11H,6-9H2,1-5H3. The molecule has 0 atom stereocenters. The first kappa shape index (κ1) is 16.1. The van der Waals surface area contributed by atoms with Crippen molar-refractivity contribution in [3.05, 3.63) is 0 Å². The maximum absolute atomic E-state index is 11.8. The van der Waals surface area contributed by atoms with Crippen LogP contribution in [-0.2, 0) is 14.4 Å². The summed E-state index contributed by atoms with van der Waals surface area (Å²) in [5.41, 5.74) is 0. The molecule has 0 aromatic rings. The maximum Gasteiger partial charge on any atom is 0.248 e. The van der Waals surface area contributed by atoms with Crippen LogP contribution in [0.25, 0.3) is 0 Å². The van der Waals surface area contributed by atoms with E-state index < -0.39 is 0 Å². The summed E-state index contributed by atoms with van der Waals surface area (Å²) in [5, 5.41) is 1.34. The summed E-state index contributed by atoms with van der Waals surface area (Å²) < 4.78 is 0. The molecule has 4 heteroatoms. The van der Waals surface area contributed by atoms with Crippen molar-refractivity contribution in [1.29, 1.82) is 0 Å². The van der Waals surface area contributed by atoms with Gasteiger partial charge in [0.05, 0.1) is 13.2 Å². The van der Waals surface area contributed by atoms with E-state index in [0.717, 1.165) is 6.42 Å². The number of rotatable bonds is 8. The first-order valence-electron chi connectivity index (χ1n) is 6.37. The zero-order valence-corrected chi connectivity index (χ0v) is 11.7. The SMILES string of the molecule is CCCON(CCC(=O)C(C)C)C(=O)C(C)C. The first-order valence-corrected chi connectivity index (χ1v) is 6.37. The Morgan fingerprint density at radius 2 is 1.71 bits per heavy atom. The van der Waals surface area contributed by atoms with Gasteiger partial charge in [-0.15, -0.1) is 0 Å². The Hall–Kier alpha value is -0.900. The molecule has 0 N–H and O–H groups in total. The molecule has 1 amide bonds. The fraction of sp³-hybridized carbons (Fsp3) is 0.846. The van der Waals surface area contributed by atoms with Gasteiger partial charge in [0, 0.05) is 18.3 Å². The van der Waals surface area contributed by atoms with Crippen LogP contribution < -0.4 is 0 Å². The van der Waals surface area contributed by atoms with Gasteiger partial charge >= 0.3 is 0 Å². The van der Waals surface area contributed by atoms with Crippen LogP contribution in [0.2, 0.25) is 0 Å². The zero-order valence-electron chi connectivity index (χ0n) is 11.7. The van der Waals surface area contributed by atoms with Crippen LogP contribution in [0.15, 0.2) is 0 Å². The summed E-state index contributed by atoms with van der Waals surface area (Å²) in [7, 11) is 0.